The molecule has 2 rings (SSSR count). The van der Waals surface area contributed by atoms with Crippen LogP contribution in [-0.2, 0) is 20.7 Å². The molecule has 1 aromatic rings. The highest BCUT2D eigenvalue weighted by molar-refractivity contribution is 5.96. The Hall–Kier alpha value is -2.70. The van der Waals surface area contributed by atoms with Crippen molar-refractivity contribution in [1.29, 1.82) is 0 Å². The third-order valence-corrected chi connectivity index (χ3v) is 3.76. The molecule has 0 N–H and O–H groups in total. The van der Waals surface area contributed by atoms with E-state index in [1.165, 1.54) is 19.2 Å². The Morgan fingerprint density at radius 2 is 2.00 bits per heavy atom. The molecule has 122 valence electrons. The zero-order valence-electron chi connectivity index (χ0n) is 12.9. The minimum Gasteiger partial charge on any atom is -0.469 e. The van der Waals surface area contributed by atoms with Gasteiger partial charge in [-0.25, -0.2) is 0 Å². The molecule has 0 atom stereocenters. The highest BCUT2D eigenvalue weighted by Crippen LogP contribution is 2.18. The second kappa shape index (κ2) is 7.53. The zero-order chi connectivity index (χ0) is 16.8. The molecular formula is C16H18N2O5. The molecule has 0 bridgehead atoms. The van der Waals surface area contributed by atoms with E-state index in [-0.39, 0.29) is 24.0 Å². The van der Waals surface area contributed by atoms with E-state index in [9.17, 15) is 19.7 Å². The topological polar surface area (TPSA) is 89.8 Å². The smallest absolute Gasteiger partial charge is 0.305 e. The average Bonchev–Trinajstić information content (AvgIpc) is 2.91. The van der Waals surface area contributed by atoms with Gasteiger partial charge in [0.1, 0.15) is 0 Å². The third kappa shape index (κ3) is 4.38. The van der Waals surface area contributed by atoms with Gasteiger partial charge in [0, 0.05) is 37.2 Å². The number of carbonyl (C=O) groups excluding carboxylic acids is 2. The molecule has 7 nitrogen and oxygen atoms in total. The van der Waals surface area contributed by atoms with Gasteiger partial charge in [0.15, 0.2) is 0 Å². The number of hydrogen-bond donors (Lipinski definition) is 0. The zero-order valence-corrected chi connectivity index (χ0v) is 12.9. The Morgan fingerprint density at radius 3 is 2.61 bits per heavy atom. The van der Waals surface area contributed by atoms with Crippen LogP contribution < -0.4 is 0 Å². The number of non-ortho nitro benzene ring substituents is 1. The van der Waals surface area contributed by atoms with Crippen molar-refractivity contribution in [2.45, 2.75) is 19.3 Å². The number of benzene rings is 1. The van der Waals surface area contributed by atoms with Crippen LogP contribution in [-0.4, -0.2) is 41.9 Å². The van der Waals surface area contributed by atoms with Crippen molar-refractivity contribution in [3.8, 4) is 0 Å². The lowest BCUT2D eigenvalue weighted by atomic mass is 10.1. The molecule has 0 spiro atoms. The summed E-state index contributed by atoms with van der Waals surface area (Å²) in [5.41, 5.74) is 1.63. The van der Waals surface area contributed by atoms with Crippen molar-refractivity contribution >= 4 is 17.6 Å². The minimum absolute atomic E-state index is 0.0535. The molecule has 0 aliphatic carbocycles. The normalized spacial score (nSPS) is 13.9. The lowest BCUT2D eigenvalue weighted by molar-refractivity contribution is -0.384. The Bertz CT molecular complexity index is 636. The maximum absolute atomic E-state index is 12.2. The van der Waals surface area contributed by atoms with Gasteiger partial charge >= 0.3 is 5.97 Å². The van der Waals surface area contributed by atoms with Crippen molar-refractivity contribution in [2.24, 2.45) is 0 Å². The summed E-state index contributed by atoms with van der Waals surface area (Å²) in [6.45, 7) is 1.07. The van der Waals surface area contributed by atoms with E-state index < -0.39 is 4.92 Å². The van der Waals surface area contributed by atoms with Gasteiger partial charge in [-0.3, -0.25) is 19.7 Å². The van der Waals surface area contributed by atoms with E-state index in [1.807, 2.05) is 6.08 Å². The molecule has 1 aromatic carbocycles. The average molecular weight is 318 g/mol. The van der Waals surface area contributed by atoms with Gasteiger partial charge in [0.2, 0.25) is 5.91 Å². The highest BCUT2D eigenvalue weighted by atomic mass is 16.6. The van der Waals surface area contributed by atoms with Crippen molar-refractivity contribution in [3.63, 3.8) is 0 Å². The van der Waals surface area contributed by atoms with Crippen LogP contribution in [0.15, 0.2) is 35.9 Å². The molecule has 0 saturated carbocycles. The Balaban J connectivity index is 1.82. The van der Waals surface area contributed by atoms with Crippen molar-refractivity contribution < 1.29 is 19.2 Å². The molecule has 0 unspecified atom stereocenters. The first-order chi connectivity index (χ1) is 11.0. The van der Waals surface area contributed by atoms with Crippen LogP contribution in [0.4, 0.5) is 5.69 Å². The van der Waals surface area contributed by atoms with Crippen LogP contribution in [0.3, 0.4) is 0 Å². The van der Waals surface area contributed by atoms with Crippen LogP contribution in [0.2, 0.25) is 0 Å². The Labute approximate surface area is 133 Å². The van der Waals surface area contributed by atoms with Crippen molar-refractivity contribution in [1.82, 2.24) is 4.90 Å². The van der Waals surface area contributed by atoms with Gasteiger partial charge in [-0.05, 0) is 18.4 Å². The lowest BCUT2D eigenvalue weighted by Gasteiger charge is -2.16. The van der Waals surface area contributed by atoms with E-state index >= 15 is 0 Å². The first-order valence-corrected chi connectivity index (χ1v) is 7.29. The summed E-state index contributed by atoms with van der Waals surface area (Å²) in [6, 6.07) is 6.32. The third-order valence-electron chi connectivity index (χ3n) is 3.76. The molecule has 1 aliphatic heterocycles. The second-order valence-corrected chi connectivity index (χ2v) is 5.23. The van der Waals surface area contributed by atoms with Gasteiger partial charge in [-0.15, -0.1) is 0 Å². The number of carbonyl (C=O) groups is 2. The van der Waals surface area contributed by atoms with Crippen LogP contribution in [0.25, 0.3) is 0 Å². The maximum atomic E-state index is 12.2. The van der Waals surface area contributed by atoms with Gasteiger partial charge in [-0.1, -0.05) is 18.2 Å². The summed E-state index contributed by atoms with van der Waals surface area (Å²) in [4.78, 5) is 35.2. The number of rotatable bonds is 7. The van der Waals surface area contributed by atoms with Gasteiger partial charge in [0.25, 0.3) is 5.69 Å². The number of nitro groups is 1. The predicted octanol–water partition coefficient (Wildman–Crippen LogP) is 1.86. The summed E-state index contributed by atoms with van der Waals surface area (Å²) < 4.78 is 4.56. The van der Waals surface area contributed by atoms with Gasteiger partial charge < -0.3 is 9.64 Å². The fourth-order valence-corrected chi connectivity index (χ4v) is 2.38. The Morgan fingerprint density at radius 1 is 1.30 bits per heavy atom. The number of nitrogens with zero attached hydrogens (tertiary/aromatic N) is 2. The molecule has 0 aromatic heterocycles. The molecule has 7 heteroatoms. The fourth-order valence-electron chi connectivity index (χ4n) is 2.38. The summed E-state index contributed by atoms with van der Waals surface area (Å²) in [5.74, 6) is -0.390. The van der Waals surface area contributed by atoms with Gasteiger partial charge in [0.05, 0.1) is 12.0 Å². The second-order valence-electron chi connectivity index (χ2n) is 5.23. The standard InChI is InChI=1S/C16H18N2O5/c1-23-15(19)7-4-13-9-11-17(16(13)20)10-8-12-2-5-14(6-3-12)18(21)22/h2-3,5-6,9H,4,7-8,10-11H2,1H3. The summed E-state index contributed by atoms with van der Waals surface area (Å²) in [6.07, 6.45) is 3.05. The molecule has 0 fully saturated rings. The Kier molecular flexibility index (Phi) is 5.46. The molecule has 0 radical (unpaired) electrons. The van der Waals surface area contributed by atoms with E-state index in [4.69, 9.17) is 0 Å². The molecule has 0 saturated heterocycles. The van der Waals surface area contributed by atoms with Crippen LogP contribution in [0.1, 0.15) is 18.4 Å². The summed E-state index contributed by atoms with van der Waals surface area (Å²) in [7, 11) is 1.32. The van der Waals surface area contributed by atoms with Crippen LogP contribution in [0, 0.1) is 10.1 Å². The number of esters is 1. The molecule has 1 aliphatic rings. The van der Waals surface area contributed by atoms with E-state index in [1.54, 1.807) is 17.0 Å². The molecule has 23 heavy (non-hydrogen) atoms. The van der Waals surface area contributed by atoms with E-state index in [2.05, 4.69) is 4.74 Å². The highest BCUT2D eigenvalue weighted by Gasteiger charge is 2.23. The summed E-state index contributed by atoms with van der Waals surface area (Å²) in [5, 5.41) is 10.6. The largest absolute Gasteiger partial charge is 0.469 e. The maximum Gasteiger partial charge on any atom is 0.305 e. The fraction of sp³-hybridized carbons (Fsp3) is 0.375. The lowest BCUT2D eigenvalue weighted by Crippen LogP contribution is -2.29. The van der Waals surface area contributed by atoms with Crippen LogP contribution >= 0.6 is 0 Å². The number of nitro benzene ring substituents is 1. The van der Waals surface area contributed by atoms with E-state index in [0.717, 1.165) is 5.56 Å². The first-order valence-electron chi connectivity index (χ1n) is 7.29. The summed E-state index contributed by atoms with van der Waals surface area (Å²) >= 11 is 0. The SMILES string of the molecule is COC(=O)CCC1=CCN(CCc2ccc([N+](=O)[O-])cc2)C1=O. The van der Waals surface area contributed by atoms with Crippen molar-refractivity contribution in [2.75, 3.05) is 20.2 Å². The number of ether oxygens (including phenoxy) is 1. The molecule has 1 heterocycles. The predicted molar refractivity (Wildman–Crippen MR) is 82.7 cm³/mol. The first kappa shape index (κ1) is 16.7. The van der Waals surface area contributed by atoms with Crippen molar-refractivity contribution in [3.05, 3.63) is 51.6 Å². The van der Waals surface area contributed by atoms with E-state index in [0.29, 0.717) is 31.5 Å². The molecular weight excluding hydrogens is 300 g/mol. The number of methoxy groups -OCH3 is 1. The minimum atomic E-state index is -0.439. The molecule has 1 amide bonds. The van der Waals surface area contributed by atoms with Crippen LogP contribution in [0.5, 0.6) is 0 Å². The number of amides is 1. The number of hydrogen-bond acceptors (Lipinski definition) is 5. The van der Waals surface area contributed by atoms with Gasteiger partial charge in [-0.2, -0.15) is 0 Å². The quantitative estimate of drug-likeness (QED) is 0.435. The monoisotopic (exact) mass is 318 g/mol.